The number of aromatic nitrogens is 3. The fourth-order valence-corrected chi connectivity index (χ4v) is 2.60. The van der Waals surface area contributed by atoms with E-state index in [4.69, 9.17) is 40.2 Å². The maximum Gasteiger partial charge on any atom is 0.452 e. The molecule has 24 heavy (non-hydrogen) atoms. The van der Waals surface area contributed by atoms with Gasteiger partial charge in [-0.3, -0.25) is 4.57 Å². The first kappa shape index (κ1) is 19.1. The second-order valence-electron chi connectivity index (χ2n) is 5.50. The molecule has 2 aromatic rings. The minimum absolute atomic E-state index is 0.0102. The number of benzene rings is 1. The van der Waals surface area contributed by atoms with Gasteiger partial charge >= 0.3 is 6.18 Å². The Bertz CT molecular complexity index is 815. The van der Waals surface area contributed by atoms with Gasteiger partial charge in [0.25, 0.3) is 0 Å². The van der Waals surface area contributed by atoms with E-state index in [-0.39, 0.29) is 26.4 Å². The number of halogens is 5. The fraction of sp³-hybridized carbons (Fsp3) is 0.429. The third-order valence-electron chi connectivity index (χ3n) is 2.99. The van der Waals surface area contributed by atoms with Gasteiger partial charge in [-0.1, -0.05) is 37.0 Å². The molecule has 0 aliphatic heterocycles. The highest BCUT2D eigenvalue weighted by molar-refractivity contribution is 7.71. The van der Waals surface area contributed by atoms with Gasteiger partial charge in [0.1, 0.15) is 5.75 Å². The van der Waals surface area contributed by atoms with Crippen LogP contribution in [0.1, 0.15) is 19.7 Å². The lowest BCUT2D eigenvalue weighted by Gasteiger charge is -2.15. The molecule has 0 fully saturated rings. The first-order chi connectivity index (χ1) is 11.0. The predicted molar refractivity (Wildman–Crippen MR) is 88.7 cm³/mol. The van der Waals surface area contributed by atoms with Crippen molar-refractivity contribution in [2.75, 3.05) is 6.61 Å². The van der Waals surface area contributed by atoms with Crippen LogP contribution in [0.15, 0.2) is 12.1 Å². The monoisotopic (exact) mass is 399 g/mol. The summed E-state index contributed by atoms with van der Waals surface area (Å²) in [6, 6.07) is 2.66. The molecule has 0 radical (unpaired) electrons. The van der Waals surface area contributed by atoms with Crippen molar-refractivity contribution in [2.45, 2.75) is 20.0 Å². The third-order valence-corrected chi connectivity index (χ3v) is 4.04. The lowest BCUT2D eigenvalue weighted by molar-refractivity contribution is -0.146. The molecule has 2 rings (SSSR count). The van der Waals surface area contributed by atoms with Crippen molar-refractivity contribution in [3.8, 4) is 11.4 Å². The topological polar surface area (TPSA) is 32.0 Å². The van der Waals surface area contributed by atoms with Gasteiger partial charge in [-0.15, -0.1) is 5.10 Å². The van der Waals surface area contributed by atoms with E-state index < -0.39 is 12.0 Å². The molecule has 10 heteroatoms. The molecule has 0 spiro atoms. The number of alkyl halides is 3. The molecule has 0 bridgehead atoms. The summed E-state index contributed by atoms with van der Waals surface area (Å²) in [7, 11) is 1.32. The van der Waals surface area contributed by atoms with Crippen LogP contribution in [0.3, 0.4) is 0 Å². The van der Waals surface area contributed by atoms with E-state index in [0.29, 0.717) is 12.4 Å². The Kier molecular flexibility index (Phi) is 5.51. The first-order valence-electron chi connectivity index (χ1n) is 6.87. The number of hydrogen-bond donors (Lipinski definition) is 0. The zero-order chi connectivity index (χ0) is 18.2. The lowest BCUT2D eigenvalue weighted by Crippen LogP contribution is -2.14. The molecule has 0 aliphatic carbocycles. The molecule has 0 N–H and O–H groups in total. The van der Waals surface area contributed by atoms with E-state index in [2.05, 4.69) is 5.10 Å². The highest BCUT2D eigenvalue weighted by Gasteiger charge is 2.39. The standard InChI is InChI=1S/C14H14Cl2F3N3OS/c1-7(2)6-23-11-5-8(15)10(4-9(11)16)22-12(14(17,18)19)20-21(3)13(22)24/h4-5,7H,6H2,1-3H3. The van der Waals surface area contributed by atoms with E-state index in [1.165, 1.54) is 19.2 Å². The average Bonchev–Trinajstić information content (AvgIpc) is 2.75. The highest BCUT2D eigenvalue weighted by Crippen LogP contribution is 2.37. The maximum atomic E-state index is 13.2. The molecule has 0 saturated carbocycles. The largest absolute Gasteiger partial charge is 0.492 e. The van der Waals surface area contributed by atoms with E-state index in [1.54, 1.807) is 0 Å². The van der Waals surface area contributed by atoms with E-state index in [0.717, 1.165) is 9.25 Å². The lowest BCUT2D eigenvalue weighted by atomic mass is 10.2. The molecule has 0 aliphatic rings. The van der Waals surface area contributed by atoms with Crippen LogP contribution < -0.4 is 4.74 Å². The first-order valence-corrected chi connectivity index (χ1v) is 8.04. The minimum atomic E-state index is -4.70. The van der Waals surface area contributed by atoms with Gasteiger partial charge < -0.3 is 4.74 Å². The van der Waals surface area contributed by atoms with Crippen LogP contribution in [0.4, 0.5) is 13.2 Å². The molecular formula is C14H14Cl2F3N3OS. The second-order valence-corrected chi connectivity index (χ2v) is 6.68. The number of hydrogen-bond acceptors (Lipinski definition) is 3. The molecule has 132 valence electrons. The quantitative estimate of drug-likeness (QED) is 0.653. The second kappa shape index (κ2) is 6.93. The minimum Gasteiger partial charge on any atom is -0.492 e. The molecular weight excluding hydrogens is 386 g/mol. The van der Waals surface area contributed by atoms with Gasteiger partial charge in [0.2, 0.25) is 10.6 Å². The number of rotatable bonds is 4. The van der Waals surface area contributed by atoms with Gasteiger partial charge in [0.15, 0.2) is 0 Å². The summed E-state index contributed by atoms with van der Waals surface area (Å²) in [5.41, 5.74) is -0.0102. The summed E-state index contributed by atoms with van der Waals surface area (Å²) in [4.78, 5) is 0. The summed E-state index contributed by atoms with van der Waals surface area (Å²) in [5, 5.41) is 3.58. The predicted octanol–water partition coefficient (Wildman–Crippen LogP) is 5.30. The number of ether oxygens (including phenoxy) is 1. The zero-order valence-electron chi connectivity index (χ0n) is 13.0. The van der Waals surface area contributed by atoms with Crippen LogP contribution in [-0.2, 0) is 13.2 Å². The molecule has 1 aromatic carbocycles. The average molecular weight is 400 g/mol. The van der Waals surface area contributed by atoms with Crippen LogP contribution in [0.25, 0.3) is 5.69 Å². The number of aryl methyl sites for hydroxylation is 1. The Hall–Kier alpha value is -1.25. The smallest absolute Gasteiger partial charge is 0.452 e. The van der Waals surface area contributed by atoms with E-state index >= 15 is 0 Å². The van der Waals surface area contributed by atoms with Gasteiger partial charge in [-0.2, -0.15) is 13.2 Å². The van der Waals surface area contributed by atoms with E-state index in [1.807, 2.05) is 13.8 Å². The van der Waals surface area contributed by atoms with Crippen molar-refractivity contribution < 1.29 is 17.9 Å². The molecule has 0 unspecified atom stereocenters. The Labute approximate surface area is 151 Å². The molecule has 0 amide bonds. The summed E-state index contributed by atoms with van der Waals surface area (Å²) in [6.07, 6.45) is -4.70. The van der Waals surface area contributed by atoms with Crippen molar-refractivity contribution >= 4 is 35.4 Å². The van der Waals surface area contributed by atoms with Crippen molar-refractivity contribution in [2.24, 2.45) is 13.0 Å². The fourth-order valence-electron chi connectivity index (χ4n) is 1.92. The van der Waals surface area contributed by atoms with Gasteiger partial charge in [-0.25, -0.2) is 4.68 Å². The van der Waals surface area contributed by atoms with Crippen LogP contribution in [-0.4, -0.2) is 21.0 Å². The van der Waals surface area contributed by atoms with Crippen molar-refractivity contribution in [1.82, 2.24) is 14.3 Å². The van der Waals surface area contributed by atoms with Crippen molar-refractivity contribution in [1.29, 1.82) is 0 Å². The van der Waals surface area contributed by atoms with Crippen LogP contribution >= 0.6 is 35.4 Å². The van der Waals surface area contributed by atoms with Gasteiger partial charge in [0.05, 0.1) is 22.3 Å². The Morgan fingerprint density at radius 1 is 1.25 bits per heavy atom. The number of nitrogens with zero attached hydrogens (tertiary/aromatic N) is 3. The van der Waals surface area contributed by atoms with Crippen LogP contribution in [0.5, 0.6) is 5.75 Å². The molecule has 0 saturated heterocycles. The van der Waals surface area contributed by atoms with Gasteiger partial charge in [0, 0.05) is 13.1 Å². The zero-order valence-corrected chi connectivity index (χ0v) is 15.3. The van der Waals surface area contributed by atoms with Crippen molar-refractivity contribution in [3.63, 3.8) is 0 Å². The summed E-state index contributed by atoms with van der Waals surface area (Å²) < 4.78 is 46.7. The summed E-state index contributed by atoms with van der Waals surface area (Å²) >= 11 is 17.3. The highest BCUT2D eigenvalue weighted by atomic mass is 35.5. The normalized spacial score (nSPS) is 12.0. The molecule has 1 aromatic heterocycles. The van der Waals surface area contributed by atoms with Crippen LogP contribution in [0, 0.1) is 10.7 Å². The van der Waals surface area contributed by atoms with Crippen LogP contribution in [0.2, 0.25) is 10.0 Å². The Morgan fingerprint density at radius 3 is 2.42 bits per heavy atom. The maximum absolute atomic E-state index is 13.2. The molecule has 1 heterocycles. The SMILES string of the molecule is CC(C)COc1cc(Cl)c(-n2c(C(F)(F)F)nn(C)c2=S)cc1Cl. The van der Waals surface area contributed by atoms with E-state index in [9.17, 15) is 13.2 Å². The Morgan fingerprint density at radius 2 is 1.88 bits per heavy atom. The summed E-state index contributed by atoms with van der Waals surface area (Å²) in [5.74, 6) is -0.629. The van der Waals surface area contributed by atoms with Crippen molar-refractivity contribution in [3.05, 3.63) is 32.8 Å². The molecule has 0 atom stereocenters. The Balaban J connectivity index is 2.59. The summed E-state index contributed by atoms with van der Waals surface area (Å²) in [6.45, 7) is 4.30. The molecule has 4 nitrogen and oxygen atoms in total. The van der Waals surface area contributed by atoms with Gasteiger partial charge in [-0.05, 0) is 24.2 Å². The third kappa shape index (κ3) is 3.87.